The number of likely N-dealkylation sites (N-methyl/N-ethyl adjacent to an activating group) is 1. The Hall–Kier alpha value is -1.36. The van der Waals surface area contributed by atoms with E-state index >= 15 is 0 Å². The Labute approximate surface area is 95.6 Å². The third-order valence-corrected chi connectivity index (χ3v) is 3.03. The highest BCUT2D eigenvalue weighted by Crippen LogP contribution is 2.02. The van der Waals surface area contributed by atoms with Crippen LogP contribution in [0.15, 0.2) is 18.5 Å². The van der Waals surface area contributed by atoms with Crippen LogP contribution in [-0.2, 0) is 11.3 Å². The number of rotatable bonds is 3. The Kier molecular flexibility index (Phi) is 3.56. The van der Waals surface area contributed by atoms with E-state index in [1.807, 2.05) is 17.2 Å². The summed E-state index contributed by atoms with van der Waals surface area (Å²) in [5.41, 5.74) is 0. The van der Waals surface area contributed by atoms with Crippen molar-refractivity contribution < 1.29 is 4.79 Å². The van der Waals surface area contributed by atoms with Crippen molar-refractivity contribution in [1.82, 2.24) is 19.6 Å². The number of amides is 1. The first-order chi connectivity index (χ1) is 7.79. The first-order valence-electron chi connectivity index (χ1n) is 5.77. The molecule has 0 saturated carbocycles. The lowest BCUT2D eigenvalue weighted by atomic mass is 10.3. The lowest BCUT2D eigenvalue weighted by Crippen LogP contribution is -2.49. The number of hydrogen-bond donors (Lipinski definition) is 0. The molecule has 0 unspecified atom stereocenters. The molecule has 1 aromatic rings. The molecule has 1 aliphatic rings. The molecule has 0 atom stereocenters. The van der Waals surface area contributed by atoms with Gasteiger partial charge in [-0.25, -0.2) is 0 Å². The smallest absolute Gasteiger partial charge is 0.244 e. The maximum atomic E-state index is 11.9. The quantitative estimate of drug-likeness (QED) is 0.725. The number of carbonyl (C=O) groups excluding carboxylic acids is 1. The average molecular weight is 222 g/mol. The predicted molar refractivity (Wildman–Crippen MR) is 60.9 cm³/mol. The molecular formula is C11H18N4O. The Morgan fingerprint density at radius 3 is 2.62 bits per heavy atom. The Bertz CT molecular complexity index is 328. The normalized spacial score (nSPS) is 17.7. The minimum Gasteiger partial charge on any atom is -0.339 e. The van der Waals surface area contributed by atoms with Crippen LogP contribution in [-0.4, -0.2) is 58.2 Å². The molecule has 0 aliphatic carbocycles. The molecule has 5 nitrogen and oxygen atoms in total. The third kappa shape index (κ3) is 2.61. The van der Waals surface area contributed by atoms with Gasteiger partial charge in [0.2, 0.25) is 5.91 Å². The molecule has 0 radical (unpaired) electrons. The van der Waals surface area contributed by atoms with Gasteiger partial charge in [0, 0.05) is 38.6 Å². The largest absolute Gasteiger partial charge is 0.339 e. The second-order valence-corrected chi connectivity index (χ2v) is 4.02. The van der Waals surface area contributed by atoms with E-state index in [0.29, 0.717) is 6.54 Å². The van der Waals surface area contributed by atoms with E-state index in [1.54, 1.807) is 10.9 Å². The van der Waals surface area contributed by atoms with Crippen LogP contribution in [0.2, 0.25) is 0 Å². The van der Waals surface area contributed by atoms with Crippen molar-refractivity contribution in [3.05, 3.63) is 18.5 Å². The van der Waals surface area contributed by atoms with Crippen molar-refractivity contribution in [1.29, 1.82) is 0 Å². The molecule has 0 aromatic carbocycles. The molecule has 88 valence electrons. The van der Waals surface area contributed by atoms with Gasteiger partial charge in [-0.1, -0.05) is 6.92 Å². The molecule has 1 amide bonds. The topological polar surface area (TPSA) is 41.4 Å². The lowest BCUT2D eigenvalue weighted by molar-refractivity contribution is -0.133. The number of aromatic nitrogens is 2. The van der Waals surface area contributed by atoms with E-state index in [0.717, 1.165) is 32.7 Å². The van der Waals surface area contributed by atoms with Crippen LogP contribution in [0.1, 0.15) is 6.92 Å². The van der Waals surface area contributed by atoms with E-state index in [-0.39, 0.29) is 5.91 Å². The number of nitrogens with zero attached hydrogens (tertiary/aromatic N) is 4. The fourth-order valence-corrected chi connectivity index (χ4v) is 1.95. The summed E-state index contributed by atoms with van der Waals surface area (Å²) in [7, 11) is 0. The maximum absolute atomic E-state index is 11.9. The van der Waals surface area contributed by atoms with Crippen LogP contribution >= 0.6 is 0 Å². The van der Waals surface area contributed by atoms with Crippen LogP contribution in [0.25, 0.3) is 0 Å². The molecule has 0 bridgehead atoms. The summed E-state index contributed by atoms with van der Waals surface area (Å²) in [6, 6.07) is 1.84. The van der Waals surface area contributed by atoms with E-state index in [2.05, 4.69) is 16.9 Å². The van der Waals surface area contributed by atoms with Crippen molar-refractivity contribution in [2.75, 3.05) is 32.7 Å². The van der Waals surface area contributed by atoms with Gasteiger partial charge < -0.3 is 9.80 Å². The van der Waals surface area contributed by atoms with Gasteiger partial charge in [0.1, 0.15) is 6.54 Å². The Balaban J connectivity index is 1.82. The summed E-state index contributed by atoms with van der Waals surface area (Å²) in [4.78, 5) is 16.2. The fraction of sp³-hybridized carbons (Fsp3) is 0.636. The van der Waals surface area contributed by atoms with Gasteiger partial charge in [0.05, 0.1) is 0 Å². The van der Waals surface area contributed by atoms with Gasteiger partial charge in [0.15, 0.2) is 0 Å². The summed E-state index contributed by atoms with van der Waals surface area (Å²) in [6.07, 6.45) is 3.52. The number of piperazine rings is 1. The van der Waals surface area contributed by atoms with Crippen LogP contribution < -0.4 is 0 Å². The van der Waals surface area contributed by atoms with Gasteiger partial charge in [-0.15, -0.1) is 0 Å². The molecule has 1 aliphatic heterocycles. The summed E-state index contributed by atoms with van der Waals surface area (Å²) >= 11 is 0. The van der Waals surface area contributed by atoms with Crippen molar-refractivity contribution in [3.8, 4) is 0 Å². The van der Waals surface area contributed by atoms with Crippen molar-refractivity contribution in [3.63, 3.8) is 0 Å². The SMILES string of the molecule is CCN1CCN(C(=O)Cn2cccn2)CC1. The van der Waals surface area contributed by atoms with Gasteiger partial charge in [-0.3, -0.25) is 9.48 Å². The van der Waals surface area contributed by atoms with Crippen LogP contribution in [0.3, 0.4) is 0 Å². The predicted octanol–water partition coefficient (Wildman–Crippen LogP) is 0.0472. The van der Waals surface area contributed by atoms with E-state index in [1.165, 1.54) is 0 Å². The molecule has 16 heavy (non-hydrogen) atoms. The first-order valence-corrected chi connectivity index (χ1v) is 5.77. The molecule has 1 aromatic heterocycles. The highest BCUT2D eigenvalue weighted by atomic mass is 16.2. The van der Waals surface area contributed by atoms with Crippen LogP contribution in [0, 0.1) is 0 Å². The van der Waals surface area contributed by atoms with Gasteiger partial charge >= 0.3 is 0 Å². The van der Waals surface area contributed by atoms with Gasteiger partial charge in [-0.2, -0.15) is 5.10 Å². The minimum atomic E-state index is 0.166. The zero-order valence-electron chi connectivity index (χ0n) is 9.67. The van der Waals surface area contributed by atoms with Crippen LogP contribution in [0.4, 0.5) is 0 Å². The minimum absolute atomic E-state index is 0.166. The molecule has 1 fully saturated rings. The standard InChI is InChI=1S/C11H18N4O/c1-2-13-6-8-14(9-7-13)11(16)10-15-5-3-4-12-15/h3-5H,2,6-10H2,1H3. The maximum Gasteiger partial charge on any atom is 0.244 e. The number of hydrogen-bond acceptors (Lipinski definition) is 3. The van der Waals surface area contributed by atoms with E-state index in [4.69, 9.17) is 0 Å². The summed E-state index contributed by atoms with van der Waals surface area (Å²) in [5, 5.41) is 4.04. The second-order valence-electron chi connectivity index (χ2n) is 4.02. The number of carbonyl (C=O) groups is 1. The van der Waals surface area contributed by atoms with E-state index in [9.17, 15) is 4.79 Å². The molecule has 0 N–H and O–H groups in total. The summed E-state index contributed by atoms with van der Waals surface area (Å²) < 4.78 is 1.68. The van der Waals surface area contributed by atoms with E-state index < -0.39 is 0 Å². The van der Waals surface area contributed by atoms with Gasteiger partial charge in [0.25, 0.3) is 0 Å². The fourth-order valence-electron chi connectivity index (χ4n) is 1.95. The second kappa shape index (κ2) is 5.12. The monoisotopic (exact) mass is 222 g/mol. The molecule has 2 rings (SSSR count). The molecule has 5 heteroatoms. The summed E-state index contributed by atoms with van der Waals surface area (Å²) in [6.45, 7) is 7.24. The van der Waals surface area contributed by atoms with Crippen LogP contribution in [0.5, 0.6) is 0 Å². The third-order valence-electron chi connectivity index (χ3n) is 3.03. The molecule has 0 spiro atoms. The zero-order valence-corrected chi connectivity index (χ0v) is 9.67. The Morgan fingerprint density at radius 1 is 1.31 bits per heavy atom. The first kappa shape index (κ1) is 11.1. The lowest BCUT2D eigenvalue weighted by Gasteiger charge is -2.34. The average Bonchev–Trinajstić information content (AvgIpc) is 2.82. The molecular weight excluding hydrogens is 204 g/mol. The van der Waals surface area contributed by atoms with Crippen molar-refractivity contribution >= 4 is 5.91 Å². The van der Waals surface area contributed by atoms with Crippen molar-refractivity contribution in [2.45, 2.75) is 13.5 Å². The van der Waals surface area contributed by atoms with Crippen molar-refractivity contribution in [2.24, 2.45) is 0 Å². The Morgan fingerprint density at radius 2 is 2.06 bits per heavy atom. The van der Waals surface area contributed by atoms with Gasteiger partial charge in [-0.05, 0) is 12.6 Å². The highest BCUT2D eigenvalue weighted by Gasteiger charge is 2.19. The molecule has 2 heterocycles. The zero-order chi connectivity index (χ0) is 11.4. The molecule has 1 saturated heterocycles. The summed E-state index contributed by atoms with van der Waals surface area (Å²) in [5.74, 6) is 0.166. The highest BCUT2D eigenvalue weighted by molar-refractivity contribution is 5.76.